The molecule has 0 unspecified atom stereocenters. The molecule has 0 fully saturated rings. The summed E-state index contributed by atoms with van der Waals surface area (Å²) >= 11 is 0. The monoisotopic (exact) mass is 235 g/mol. The fourth-order valence-electron chi connectivity index (χ4n) is 1.28. The van der Waals surface area contributed by atoms with Crippen LogP contribution in [0.1, 0.15) is 5.56 Å². The molecule has 17 heavy (non-hydrogen) atoms. The van der Waals surface area contributed by atoms with Crippen LogP contribution in [0, 0.1) is 6.92 Å². The molecule has 0 radical (unpaired) electrons. The molecule has 8 nitrogen and oxygen atoms in total. The van der Waals surface area contributed by atoms with Gasteiger partial charge in [0.2, 0.25) is 0 Å². The molecule has 2 heterocycles. The third-order valence-corrected chi connectivity index (χ3v) is 2.17. The minimum atomic E-state index is -0.731. The first-order valence-electron chi connectivity index (χ1n) is 4.67. The number of nitrogens with two attached hydrogens (primary N) is 1. The maximum atomic E-state index is 11.5. The Morgan fingerprint density at radius 2 is 2.00 bits per heavy atom. The molecule has 2 aromatic rings. The summed E-state index contributed by atoms with van der Waals surface area (Å²) in [5.41, 5.74) is 4.02. The predicted octanol–water partition coefficient (Wildman–Crippen LogP) is -1.70. The van der Waals surface area contributed by atoms with Crippen molar-refractivity contribution in [2.75, 3.05) is 5.73 Å². The second-order valence-electron chi connectivity index (χ2n) is 3.39. The van der Waals surface area contributed by atoms with Gasteiger partial charge in [-0.05, 0) is 6.92 Å². The SMILES string of the molecule is Cc1cn(-n2ccc(=O)[nH]c2=O)c(=O)nc1N. The van der Waals surface area contributed by atoms with Gasteiger partial charge < -0.3 is 5.73 Å². The fraction of sp³-hybridized carbons (Fsp3) is 0.111. The van der Waals surface area contributed by atoms with E-state index < -0.39 is 16.9 Å². The van der Waals surface area contributed by atoms with Crippen molar-refractivity contribution >= 4 is 5.82 Å². The summed E-state index contributed by atoms with van der Waals surface area (Å²) in [6.07, 6.45) is 2.55. The van der Waals surface area contributed by atoms with Crippen LogP contribution in [-0.2, 0) is 0 Å². The van der Waals surface area contributed by atoms with Crippen molar-refractivity contribution in [1.82, 2.24) is 19.3 Å². The first-order chi connectivity index (χ1) is 7.99. The standard InChI is InChI=1S/C9H9N5O3/c1-5-4-14(9(17)12-7(5)10)13-3-2-6(15)11-8(13)16/h2-4H,1H3,(H2,10,12,17)(H,11,15,16). The van der Waals surface area contributed by atoms with Gasteiger partial charge in [-0.25, -0.2) is 14.3 Å². The number of nitrogens with zero attached hydrogens (tertiary/aromatic N) is 3. The lowest BCUT2D eigenvalue weighted by atomic mass is 10.4. The van der Waals surface area contributed by atoms with E-state index in [1.165, 1.54) is 12.4 Å². The highest BCUT2D eigenvalue weighted by atomic mass is 16.2. The lowest BCUT2D eigenvalue weighted by Gasteiger charge is -2.08. The van der Waals surface area contributed by atoms with Gasteiger partial charge in [-0.1, -0.05) is 0 Å². The molecule has 0 saturated heterocycles. The lowest BCUT2D eigenvalue weighted by molar-refractivity contribution is 0.567. The molecule has 0 bridgehead atoms. The Bertz CT molecular complexity index is 739. The van der Waals surface area contributed by atoms with Crippen LogP contribution in [0.3, 0.4) is 0 Å². The quantitative estimate of drug-likeness (QED) is 0.611. The average molecular weight is 235 g/mol. The summed E-state index contributed by atoms with van der Waals surface area (Å²) in [5, 5.41) is 0. The van der Waals surface area contributed by atoms with Crippen LogP contribution < -0.4 is 22.7 Å². The Labute approximate surface area is 93.9 Å². The molecule has 0 spiro atoms. The smallest absolute Gasteiger partial charge is 0.368 e. The summed E-state index contributed by atoms with van der Waals surface area (Å²) in [5.74, 6) is 0.101. The number of nitrogen functional groups attached to an aromatic ring is 1. The van der Waals surface area contributed by atoms with Crippen molar-refractivity contribution in [3.8, 4) is 0 Å². The van der Waals surface area contributed by atoms with Gasteiger partial charge in [0.1, 0.15) is 5.82 Å². The topological polar surface area (TPSA) is 116 Å². The number of aromatic amines is 1. The van der Waals surface area contributed by atoms with E-state index in [-0.39, 0.29) is 5.82 Å². The molecule has 2 aromatic heterocycles. The van der Waals surface area contributed by atoms with Gasteiger partial charge in [-0.3, -0.25) is 9.78 Å². The number of aryl methyl sites for hydroxylation is 1. The second-order valence-corrected chi connectivity index (χ2v) is 3.39. The van der Waals surface area contributed by atoms with Gasteiger partial charge in [0.25, 0.3) is 5.56 Å². The van der Waals surface area contributed by atoms with Gasteiger partial charge in [0.15, 0.2) is 0 Å². The van der Waals surface area contributed by atoms with Gasteiger partial charge in [0, 0.05) is 24.0 Å². The first-order valence-corrected chi connectivity index (χ1v) is 4.67. The molecular weight excluding hydrogens is 226 g/mol. The molecule has 0 amide bonds. The van der Waals surface area contributed by atoms with E-state index in [0.29, 0.717) is 5.56 Å². The lowest BCUT2D eigenvalue weighted by Crippen LogP contribution is -2.39. The van der Waals surface area contributed by atoms with E-state index in [1.54, 1.807) is 6.92 Å². The van der Waals surface area contributed by atoms with Gasteiger partial charge in [-0.2, -0.15) is 9.66 Å². The predicted molar refractivity (Wildman–Crippen MR) is 59.8 cm³/mol. The van der Waals surface area contributed by atoms with Crippen LogP contribution in [0.4, 0.5) is 5.82 Å². The summed E-state index contributed by atoms with van der Waals surface area (Å²) in [4.78, 5) is 39.5. The van der Waals surface area contributed by atoms with Crippen molar-refractivity contribution in [3.05, 3.63) is 55.3 Å². The van der Waals surface area contributed by atoms with Crippen molar-refractivity contribution < 1.29 is 0 Å². The van der Waals surface area contributed by atoms with Crippen LogP contribution in [0.15, 0.2) is 32.8 Å². The number of anilines is 1. The Morgan fingerprint density at radius 3 is 2.65 bits per heavy atom. The zero-order valence-corrected chi connectivity index (χ0v) is 8.88. The van der Waals surface area contributed by atoms with E-state index >= 15 is 0 Å². The summed E-state index contributed by atoms with van der Waals surface area (Å²) in [6, 6.07) is 1.12. The van der Waals surface area contributed by atoms with Crippen molar-refractivity contribution in [2.45, 2.75) is 6.92 Å². The van der Waals surface area contributed by atoms with Crippen LogP contribution in [0.5, 0.6) is 0 Å². The molecular formula is C9H9N5O3. The number of H-pyrrole nitrogens is 1. The zero-order valence-electron chi connectivity index (χ0n) is 8.88. The minimum Gasteiger partial charge on any atom is -0.383 e. The van der Waals surface area contributed by atoms with E-state index in [0.717, 1.165) is 15.4 Å². The second kappa shape index (κ2) is 3.74. The largest absolute Gasteiger partial charge is 0.383 e. The Hall–Kier alpha value is -2.64. The summed E-state index contributed by atoms with van der Waals surface area (Å²) < 4.78 is 1.90. The Morgan fingerprint density at radius 1 is 1.29 bits per heavy atom. The van der Waals surface area contributed by atoms with E-state index in [4.69, 9.17) is 5.73 Å². The third kappa shape index (κ3) is 1.87. The third-order valence-electron chi connectivity index (χ3n) is 2.17. The van der Waals surface area contributed by atoms with Crippen molar-refractivity contribution in [2.24, 2.45) is 0 Å². The molecule has 0 aromatic carbocycles. The van der Waals surface area contributed by atoms with Crippen LogP contribution >= 0.6 is 0 Å². The molecule has 0 aliphatic heterocycles. The highest BCUT2D eigenvalue weighted by Gasteiger charge is 2.05. The van der Waals surface area contributed by atoms with Gasteiger partial charge in [-0.15, -0.1) is 0 Å². The maximum Gasteiger partial charge on any atom is 0.368 e. The number of aromatic nitrogens is 4. The maximum absolute atomic E-state index is 11.5. The van der Waals surface area contributed by atoms with Gasteiger partial charge in [0.05, 0.1) is 0 Å². The molecule has 0 saturated carbocycles. The van der Waals surface area contributed by atoms with E-state index in [9.17, 15) is 14.4 Å². The zero-order chi connectivity index (χ0) is 12.6. The molecule has 8 heteroatoms. The molecule has 2 rings (SSSR count). The minimum absolute atomic E-state index is 0.101. The molecule has 3 N–H and O–H groups in total. The van der Waals surface area contributed by atoms with Crippen LogP contribution in [0.25, 0.3) is 0 Å². The molecule has 0 aliphatic carbocycles. The summed E-state index contributed by atoms with van der Waals surface area (Å²) in [6.45, 7) is 1.65. The van der Waals surface area contributed by atoms with Crippen molar-refractivity contribution in [3.63, 3.8) is 0 Å². The number of hydrogen-bond donors (Lipinski definition) is 2. The highest BCUT2D eigenvalue weighted by molar-refractivity contribution is 5.35. The first kappa shape index (κ1) is 10.9. The molecule has 88 valence electrons. The van der Waals surface area contributed by atoms with Crippen molar-refractivity contribution in [1.29, 1.82) is 0 Å². The number of hydrogen-bond acceptors (Lipinski definition) is 5. The average Bonchev–Trinajstić information content (AvgIpc) is 2.24. The molecule has 0 aliphatic rings. The highest BCUT2D eigenvalue weighted by Crippen LogP contribution is 2.00. The van der Waals surface area contributed by atoms with E-state index in [1.807, 2.05) is 4.98 Å². The number of nitrogens with one attached hydrogen (secondary N) is 1. The fourth-order valence-corrected chi connectivity index (χ4v) is 1.28. The summed E-state index contributed by atoms with van der Waals surface area (Å²) in [7, 11) is 0. The van der Waals surface area contributed by atoms with E-state index in [2.05, 4.69) is 4.98 Å². The van der Waals surface area contributed by atoms with Crippen LogP contribution in [-0.4, -0.2) is 19.3 Å². The molecule has 0 atom stereocenters. The van der Waals surface area contributed by atoms with Crippen LogP contribution in [0.2, 0.25) is 0 Å². The normalized spacial score (nSPS) is 10.4. The van der Waals surface area contributed by atoms with Gasteiger partial charge >= 0.3 is 11.4 Å². The number of rotatable bonds is 1. The Kier molecular flexibility index (Phi) is 2.39. The Balaban J connectivity index is 2.78.